The van der Waals surface area contributed by atoms with Crippen molar-refractivity contribution in [3.05, 3.63) is 11.3 Å². The van der Waals surface area contributed by atoms with Gasteiger partial charge in [0.25, 0.3) is 0 Å². The molecular weight excluding hydrogens is 604 g/mol. The van der Waals surface area contributed by atoms with Gasteiger partial charge in [0.15, 0.2) is 11.5 Å². The van der Waals surface area contributed by atoms with Crippen molar-refractivity contribution in [1.82, 2.24) is 0 Å². The molecule has 1 spiro atoms. The smallest absolute Gasteiger partial charge is 0.348 e. The maximum atomic E-state index is 13.8. The molecule has 3 aliphatic carbocycles. The molecule has 3 saturated heterocycles. The molecule has 0 amide bonds. The lowest BCUT2D eigenvalue weighted by Crippen LogP contribution is -2.79. The molecule has 16 heteroatoms. The molecule has 250 valence electrons. The number of aliphatic hydroxyl groups is 6. The van der Waals surface area contributed by atoms with Gasteiger partial charge in [-0.3, -0.25) is 9.59 Å². The number of carbonyl (C=O) groups is 4. The van der Waals surface area contributed by atoms with E-state index >= 15 is 0 Å². The first kappa shape index (κ1) is 32.2. The van der Waals surface area contributed by atoms with Gasteiger partial charge in [0.05, 0.1) is 32.3 Å². The third-order valence-corrected chi connectivity index (χ3v) is 11.2. The SMILES string of the molecule is COC(=O)C12OCC34C(CC5C(C)=C(OC6OC(CO)C(O)C(O)C6O)C(=O)CC5(C)C3C(O)C1O)OC(=O)C(OC(C)=O)C24. The van der Waals surface area contributed by atoms with Gasteiger partial charge in [-0.1, -0.05) is 6.92 Å². The van der Waals surface area contributed by atoms with E-state index < -0.39 is 120 Å². The molecule has 6 N–H and O–H groups in total. The predicted octanol–water partition coefficient (Wildman–Crippen LogP) is -3.17. The highest BCUT2D eigenvalue weighted by Gasteiger charge is 2.85. The van der Waals surface area contributed by atoms with E-state index in [0.717, 1.165) is 14.0 Å². The standard InChI is InChI=1S/C29H38O16/c1-9-11-5-14-28-8-41-29(26(39)40-4,22(28)20(24(38)44-14)42-10(2)31)23(37)18(36)21(28)27(11,3)6-12(32)19(9)45-25-17(35)16(34)15(33)13(7-30)43-25/h11,13-18,20-23,25,30,33-37H,5-8H2,1-4H3. The zero-order chi connectivity index (χ0) is 33.0. The van der Waals surface area contributed by atoms with Crippen LogP contribution in [0.15, 0.2) is 11.3 Å². The topological polar surface area (TPSA) is 245 Å². The van der Waals surface area contributed by atoms with Crippen molar-refractivity contribution in [2.45, 2.75) is 94.3 Å². The van der Waals surface area contributed by atoms with E-state index in [9.17, 15) is 49.8 Å². The molecule has 2 saturated carbocycles. The maximum Gasteiger partial charge on any atom is 0.348 e. The van der Waals surface area contributed by atoms with Gasteiger partial charge in [-0.15, -0.1) is 0 Å². The normalized spacial score (nSPS) is 50.3. The van der Waals surface area contributed by atoms with Crippen LogP contribution in [0.2, 0.25) is 0 Å². The molecule has 3 aliphatic heterocycles. The Morgan fingerprint density at radius 2 is 1.71 bits per heavy atom. The Morgan fingerprint density at radius 3 is 2.33 bits per heavy atom. The van der Waals surface area contributed by atoms with Crippen LogP contribution in [0, 0.1) is 28.6 Å². The number of hydrogen-bond acceptors (Lipinski definition) is 16. The summed E-state index contributed by atoms with van der Waals surface area (Å²) < 4.78 is 33.6. The van der Waals surface area contributed by atoms with Crippen molar-refractivity contribution in [3.63, 3.8) is 0 Å². The van der Waals surface area contributed by atoms with Crippen LogP contribution < -0.4 is 0 Å². The first-order chi connectivity index (χ1) is 21.1. The highest BCUT2D eigenvalue weighted by atomic mass is 16.7. The number of methoxy groups -OCH3 is 1. The van der Waals surface area contributed by atoms with Crippen LogP contribution in [0.3, 0.4) is 0 Å². The van der Waals surface area contributed by atoms with Gasteiger partial charge in [0, 0.05) is 24.7 Å². The molecule has 16 nitrogen and oxygen atoms in total. The zero-order valence-electron chi connectivity index (χ0n) is 25.0. The second-order valence-electron chi connectivity index (χ2n) is 13.3. The van der Waals surface area contributed by atoms with Crippen LogP contribution in [0.5, 0.6) is 0 Å². The summed E-state index contributed by atoms with van der Waals surface area (Å²) in [5.74, 6) is -6.73. The highest BCUT2D eigenvalue weighted by Crippen LogP contribution is 2.73. The number of allylic oxidation sites excluding steroid dienone is 2. The van der Waals surface area contributed by atoms with Crippen molar-refractivity contribution in [3.8, 4) is 0 Å². The van der Waals surface area contributed by atoms with E-state index in [1.165, 1.54) is 0 Å². The lowest BCUT2D eigenvalue weighted by molar-refractivity contribution is -0.296. The summed E-state index contributed by atoms with van der Waals surface area (Å²) in [5, 5.41) is 63.9. The molecule has 0 radical (unpaired) electrons. The van der Waals surface area contributed by atoms with Crippen molar-refractivity contribution >= 4 is 23.7 Å². The third-order valence-electron chi connectivity index (χ3n) is 11.2. The Hall–Kier alpha value is -2.70. The lowest BCUT2D eigenvalue weighted by atomic mass is 9.38. The van der Waals surface area contributed by atoms with E-state index in [1.807, 2.05) is 0 Å². The fourth-order valence-electron chi connectivity index (χ4n) is 9.46. The number of Topliss-reactive ketones (excluding diaryl/α,β-unsaturated/α-hetero) is 1. The Balaban J connectivity index is 1.45. The van der Waals surface area contributed by atoms with Crippen molar-refractivity contribution in [1.29, 1.82) is 0 Å². The molecule has 0 aromatic carbocycles. The number of aliphatic hydroxyl groups excluding tert-OH is 6. The molecule has 6 rings (SSSR count). The third kappa shape index (κ3) is 4.06. The minimum Gasteiger partial charge on any atom is -0.467 e. The largest absolute Gasteiger partial charge is 0.467 e. The quantitative estimate of drug-likeness (QED) is 0.128. The van der Waals surface area contributed by atoms with Crippen LogP contribution in [-0.2, 0) is 47.6 Å². The molecule has 3 heterocycles. The molecule has 15 atom stereocenters. The number of ketones is 1. The number of esters is 3. The van der Waals surface area contributed by atoms with Gasteiger partial charge in [0.1, 0.15) is 36.6 Å². The number of carbonyl (C=O) groups excluding carboxylic acids is 4. The van der Waals surface area contributed by atoms with Crippen LogP contribution in [0.25, 0.3) is 0 Å². The predicted molar refractivity (Wildman–Crippen MR) is 141 cm³/mol. The summed E-state index contributed by atoms with van der Waals surface area (Å²) in [4.78, 5) is 52.8. The lowest BCUT2D eigenvalue weighted by Gasteiger charge is -2.67. The maximum absolute atomic E-state index is 13.8. The summed E-state index contributed by atoms with van der Waals surface area (Å²) in [6.45, 7) is 3.37. The molecule has 0 aromatic rings. The first-order valence-corrected chi connectivity index (χ1v) is 14.8. The van der Waals surface area contributed by atoms with Crippen LogP contribution in [0.4, 0.5) is 0 Å². The van der Waals surface area contributed by atoms with E-state index in [4.69, 9.17) is 28.4 Å². The monoisotopic (exact) mass is 642 g/mol. The van der Waals surface area contributed by atoms with Gasteiger partial charge >= 0.3 is 17.9 Å². The Morgan fingerprint density at radius 1 is 1.02 bits per heavy atom. The molecule has 2 bridgehead atoms. The zero-order valence-corrected chi connectivity index (χ0v) is 25.0. The minimum absolute atomic E-state index is 0.0477. The molecule has 15 unspecified atom stereocenters. The Labute approximate surface area is 256 Å². The van der Waals surface area contributed by atoms with Crippen molar-refractivity contribution in [2.24, 2.45) is 28.6 Å². The second-order valence-corrected chi connectivity index (χ2v) is 13.3. The van der Waals surface area contributed by atoms with E-state index in [0.29, 0.717) is 5.57 Å². The van der Waals surface area contributed by atoms with Crippen LogP contribution in [-0.4, -0.2) is 135 Å². The second kappa shape index (κ2) is 10.7. The average Bonchev–Trinajstić information content (AvgIpc) is 3.29. The summed E-state index contributed by atoms with van der Waals surface area (Å²) in [5.41, 5.74) is -4.52. The van der Waals surface area contributed by atoms with E-state index in [1.54, 1.807) is 13.8 Å². The molecule has 45 heavy (non-hydrogen) atoms. The summed E-state index contributed by atoms with van der Waals surface area (Å²) in [6, 6.07) is 0. The van der Waals surface area contributed by atoms with Crippen LogP contribution in [0.1, 0.15) is 33.6 Å². The van der Waals surface area contributed by atoms with Crippen molar-refractivity contribution < 1.29 is 78.2 Å². The molecular formula is C29H38O16. The van der Waals surface area contributed by atoms with Crippen molar-refractivity contribution in [2.75, 3.05) is 20.3 Å². The number of ether oxygens (including phenoxy) is 6. The highest BCUT2D eigenvalue weighted by molar-refractivity contribution is 5.96. The molecule has 0 aromatic heterocycles. The summed E-state index contributed by atoms with van der Waals surface area (Å²) >= 11 is 0. The fraction of sp³-hybridized carbons (Fsp3) is 0.793. The molecule has 5 fully saturated rings. The first-order valence-electron chi connectivity index (χ1n) is 14.8. The number of fused-ring (bicyclic) bond motifs is 2. The minimum atomic E-state index is -2.29. The summed E-state index contributed by atoms with van der Waals surface area (Å²) in [7, 11) is 1.05. The Kier molecular flexibility index (Phi) is 7.64. The van der Waals surface area contributed by atoms with E-state index in [-0.39, 0.29) is 25.2 Å². The van der Waals surface area contributed by atoms with E-state index in [2.05, 4.69) is 0 Å². The number of rotatable bonds is 5. The fourth-order valence-corrected chi connectivity index (χ4v) is 9.46. The van der Waals surface area contributed by atoms with Crippen LogP contribution >= 0.6 is 0 Å². The van der Waals surface area contributed by atoms with Gasteiger partial charge < -0.3 is 59.1 Å². The van der Waals surface area contributed by atoms with Gasteiger partial charge in [-0.25, -0.2) is 9.59 Å². The Bertz CT molecular complexity index is 1330. The summed E-state index contributed by atoms with van der Waals surface area (Å²) in [6.07, 6.45) is -14.7. The van der Waals surface area contributed by atoms with Gasteiger partial charge in [-0.2, -0.15) is 0 Å². The average molecular weight is 643 g/mol. The van der Waals surface area contributed by atoms with Gasteiger partial charge in [-0.05, 0) is 30.3 Å². The van der Waals surface area contributed by atoms with Gasteiger partial charge in [0.2, 0.25) is 18.0 Å². The number of hydrogen-bond donors (Lipinski definition) is 6. The molecule has 6 aliphatic rings.